The Kier molecular flexibility index (Phi) is 4.01. The van der Waals surface area contributed by atoms with Crippen molar-refractivity contribution in [2.45, 2.75) is 11.0 Å². The van der Waals surface area contributed by atoms with Crippen molar-refractivity contribution in [3.8, 4) is 11.3 Å². The summed E-state index contributed by atoms with van der Waals surface area (Å²) in [6.07, 6.45) is 1.58. The zero-order chi connectivity index (χ0) is 14.7. The van der Waals surface area contributed by atoms with E-state index in [1.165, 1.54) is 30.0 Å². The second kappa shape index (κ2) is 6.10. The molecule has 1 aromatic heterocycles. The molecular formula is C16H11F2NOS. The van der Waals surface area contributed by atoms with Crippen LogP contribution in [-0.2, 0) is 5.75 Å². The van der Waals surface area contributed by atoms with E-state index in [2.05, 4.69) is 4.98 Å². The number of halogens is 2. The number of rotatable bonds is 4. The molecule has 0 bridgehead atoms. The quantitative estimate of drug-likeness (QED) is 0.640. The van der Waals surface area contributed by atoms with Gasteiger partial charge in [-0.15, -0.1) is 0 Å². The van der Waals surface area contributed by atoms with Gasteiger partial charge in [-0.1, -0.05) is 30.0 Å². The van der Waals surface area contributed by atoms with Gasteiger partial charge in [0.25, 0.3) is 5.22 Å². The van der Waals surface area contributed by atoms with Crippen molar-refractivity contribution in [1.82, 2.24) is 4.98 Å². The molecule has 0 aliphatic carbocycles. The van der Waals surface area contributed by atoms with Gasteiger partial charge in [-0.05, 0) is 35.9 Å². The molecule has 3 aromatic rings. The molecule has 0 aliphatic heterocycles. The third-order valence-corrected chi connectivity index (χ3v) is 3.81. The Labute approximate surface area is 124 Å². The minimum Gasteiger partial charge on any atom is -0.431 e. The minimum absolute atomic E-state index is 0.240. The van der Waals surface area contributed by atoms with E-state index in [-0.39, 0.29) is 11.6 Å². The Morgan fingerprint density at radius 3 is 2.52 bits per heavy atom. The Morgan fingerprint density at radius 2 is 1.76 bits per heavy atom. The summed E-state index contributed by atoms with van der Waals surface area (Å²) in [6, 6.07) is 12.6. The summed E-state index contributed by atoms with van der Waals surface area (Å²) >= 11 is 1.31. The van der Waals surface area contributed by atoms with Crippen molar-refractivity contribution in [1.29, 1.82) is 0 Å². The molecule has 0 N–H and O–H groups in total. The van der Waals surface area contributed by atoms with Crippen molar-refractivity contribution in [3.05, 3.63) is 71.9 Å². The monoisotopic (exact) mass is 303 g/mol. The first-order valence-electron chi connectivity index (χ1n) is 6.30. The topological polar surface area (TPSA) is 26.0 Å². The summed E-state index contributed by atoms with van der Waals surface area (Å²) in [6.45, 7) is 0. The van der Waals surface area contributed by atoms with E-state index in [1.54, 1.807) is 36.5 Å². The predicted octanol–water partition coefficient (Wildman–Crippen LogP) is 4.91. The lowest BCUT2D eigenvalue weighted by Gasteiger charge is -2.00. The van der Waals surface area contributed by atoms with E-state index in [9.17, 15) is 8.78 Å². The number of aromatic nitrogens is 1. The Hall–Kier alpha value is -2.14. The number of benzene rings is 2. The standard InChI is InChI=1S/C16H11F2NOS/c17-13-7-5-11(6-8-13)15-9-19-16(20-15)21-10-12-3-1-2-4-14(12)18/h1-9H,10H2. The van der Waals surface area contributed by atoms with Crippen LogP contribution < -0.4 is 0 Å². The third-order valence-electron chi connectivity index (χ3n) is 2.92. The fraction of sp³-hybridized carbons (Fsp3) is 0.0625. The summed E-state index contributed by atoms with van der Waals surface area (Å²) in [7, 11) is 0. The highest BCUT2D eigenvalue weighted by molar-refractivity contribution is 7.98. The molecule has 0 saturated carbocycles. The average Bonchev–Trinajstić information content (AvgIpc) is 2.96. The van der Waals surface area contributed by atoms with E-state index in [0.717, 1.165) is 5.56 Å². The van der Waals surface area contributed by atoms with Gasteiger partial charge in [0.05, 0.1) is 6.20 Å². The zero-order valence-electron chi connectivity index (χ0n) is 10.9. The lowest BCUT2D eigenvalue weighted by molar-refractivity contribution is 0.466. The van der Waals surface area contributed by atoms with Gasteiger partial charge in [-0.2, -0.15) is 0 Å². The van der Waals surface area contributed by atoms with Gasteiger partial charge in [0.15, 0.2) is 5.76 Å². The number of hydrogen-bond donors (Lipinski definition) is 0. The van der Waals surface area contributed by atoms with E-state index in [1.807, 2.05) is 0 Å². The molecule has 5 heteroatoms. The maximum absolute atomic E-state index is 13.5. The largest absolute Gasteiger partial charge is 0.431 e. The molecular weight excluding hydrogens is 292 g/mol. The van der Waals surface area contributed by atoms with Gasteiger partial charge in [0.1, 0.15) is 11.6 Å². The fourth-order valence-corrected chi connectivity index (χ4v) is 2.62. The van der Waals surface area contributed by atoms with Crippen LogP contribution in [0.5, 0.6) is 0 Å². The van der Waals surface area contributed by atoms with Crippen LogP contribution in [0.1, 0.15) is 5.56 Å². The number of thioether (sulfide) groups is 1. The molecule has 0 radical (unpaired) electrons. The second-order valence-electron chi connectivity index (χ2n) is 4.38. The highest BCUT2D eigenvalue weighted by Crippen LogP contribution is 2.28. The smallest absolute Gasteiger partial charge is 0.256 e. The Balaban J connectivity index is 1.71. The van der Waals surface area contributed by atoms with Gasteiger partial charge < -0.3 is 4.42 Å². The summed E-state index contributed by atoms with van der Waals surface area (Å²) in [4.78, 5) is 4.14. The molecule has 1 heterocycles. The second-order valence-corrected chi connectivity index (χ2v) is 5.30. The molecule has 0 aliphatic rings. The molecule has 0 saturated heterocycles. The van der Waals surface area contributed by atoms with E-state index < -0.39 is 0 Å². The summed E-state index contributed by atoms with van der Waals surface area (Å²) in [5.74, 6) is 0.463. The average molecular weight is 303 g/mol. The SMILES string of the molecule is Fc1ccc(-c2cnc(SCc3ccccc3F)o2)cc1. The number of oxazole rings is 1. The van der Waals surface area contributed by atoms with Crippen LogP contribution in [0.4, 0.5) is 8.78 Å². The highest BCUT2D eigenvalue weighted by Gasteiger charge is 2.09. The zero-order valence-corrected chi connectivity index (χ0v) is 11.7. The lowest BCUT2D eigenvalue weighted by atomic mass is 10.2. The minimum atomic E-state index is -0.299. The molecule has 2 nitrogen and oxygen atoms in total. The lowest BCUT2D eigenvalue weighted by Crippen LogP contribution is -1.85. The normalized spacial score (nSPS) is 10.8. The molecule has 0 fully saturated rings. The summed E-state index contributed by atoms with van der Waals surface area (Å²) in [5.41, 5.74) is 1.35. The Bertz CT molecular complexity index is 740. The van der Waals surface area contributed by atoms with Gasteiger partial charge >= 0.3 is 0 Å². The first kappa shape index (κ1) is 13.8. The molecule has 3 rings (SSSR count). The van der Waals surface area contributed by atoms with Crippen molar-refractivity contribution < 1.29 is 13.2 Å². The molecule has 0 amide bonds. The van der Waals surface area contributed by atoms with Gasteiger partial charge in [-0.25, -0.2) is 13.8 Å². The van der Waals surface area contributed by atoms with Crippen LogP contribution in [0, 0.1) is 11.6 Å². The molecule has 2 aromatic carbocycles. The first-order valence-corrected chi connectivity index (χ1v) is 7.29. The van der Waals surface area contributed by atoms with E-state index in [0.29, 0.717) is 22.3 Å². The molecule has 106 valence electrons. The van der Waals surface area contributed by atoms with Gasteiger partial charge in [-0.3, -0.25) is 0 Å². The summed E-state index contributed by atoms with van der Waals surface area (Å²) < 4.78 is 31.9. The van der Waals surface area contributed by atoms with Crippen molar-refractivity contribution in [2.24, 2.45) is 0 Å². The molecule has 21 heavy (non-hydrogen) atoms. The number of hydrogen-bond acceptors (Lipinski definition) is 3. The van der Waals surface area contributed by atoms with Crippen LogP contribution in [0.25, 0.3) is 11.3 Å². The van der Waals surface area contributed by atoms with Gasteiger partial charge in [0.2, 0.25) is 0 Å². The highest BCUT2D eigenvalue weighted by atomic mass is 32.2. The van der Waals surface area contributed by atoms with Crippen LogP contribution in [0.15, 0.2) is 64.4 Å². The molecule has 0 spiro atoms. The van der Waals surface area contributed by atoms with Gasteiger partial charge in [0, 0.05) is 11.3 Å². The predicted molar refractivity (Wildman–Crippen MR) is 77.9 cm³/mol. The maximum Gasteiger partial charge on any atom is 0.256 e. The van der Waals surface area contributed by atoms with E-state index >= 15 is 0 Å². The van der Waals surface area contributed by atoms with Crippen LogP contribution >= 0.6 is 11.8 Å². The molecule has 0 unspecified atom stereocenters. The van der Waals surface area contributed by atoms with E-state index in [4.69, 9.17) is 4.42 Å². The van der Waals surface area contributed by atoms with Crippen LogP contribution in [-0.4, -0.2) is 4.98 Å². The summed E-state index contributed by atoms with van der Waals surface area (Å²) in [5, 5.41) is 0.456. The molecule has 0 atom stereocenters. The van der Waals surface area contributed by atoms with Crippen molar-refractivity contribution >= 4 is 11.8 Å². The fourth-order valence-electron chi connectivity index (χ4n) is 1.83. The maximum atomic E-state index is 13.5. The first-order chi connectivity index (χ1) is 10.2. The van der Waals surface area contributed by atoms with Crippen LogP contribution in [0.3, 0.4) is 0 Å². The van der Waals surface area contributed by atoms with Crippen molar-refractivity contribution in [3.63, 3.8) is 0 Å². The Morgan fingerprint density at radius 1 is 1.00 bits per heavy atom. The third kappa shape index (κ3) is 3.31. The van der Waals surface area contributed by atoms with Crippen molar-refractivity contribution in [2.75, 3.05) is 0 Å². The van der Waals surface area contributed by atoms with Crippen LogP contribution in [0.2, 0.25) is 0 Å². The number of nitrogens with zero attached hydrogens (tertiary/aromatic N) is 1.